The molecule has 2 aromatic heterocycles. The third kappa shape index (κ3) is 5.83. The van der Waals surface area contributed by atoms with Crippen molar-refractivity contribution in [3.05, 3.63) is 215 Å². The first-order chi connectivity index (χ1) is 29.3. The lowest BCUT2D eigenvalue weighted by atomic mass is 9.67. The van der Waals surface area contributed by atoms with Gasteiger partial charge in [-0.15, -0.1) is 0 Å². The number of pyridine rings is 1. The molecule has 7 aromatic carbocycles. The van der Waals surface area contributed by atoms with Crippen molar-refractivity contribution in [2.24, 2.45) is 0 Å². The first kappa shape index (κ1) is 36.2. The van der Waals surface area contributed by atoms with Crippen LogP contribution in [0.4, 0.5) is 0 Å². The Bertz CT molecular complexity index is 3120. The summed E-state index contributed by atoms with van der Waals surface area (Å²) in [6.45, 7) is 8.33. The summed E-state index contributed by atoms with van der Waals surface area (Å²) in [4.78, 5) is 22.5. The monoisotopic (exact) mass is 788 g/mol. The quantitative estimate of drug-likeness (QED) is 0.174. The summed E-state index contributed by atoms with van der Waals surface area (Å²) in [6.07, 6.45) is 0. The van der Waals surface area contributed by atoms with Crippen LogP contribution in [0.3, 0.4) is 0 Å². The fourth-order valence-corrected chi connectivity index (χ4v) is 10.5. The molecule has 60 heavy (non-hydrogen) atoms. The van der Waals surface area contributed by atoms with Crippen molar-refractivity contribution in [3.8, 4) is 67.5 Å². The van der Waals surface area contributed by atoms with E-state index in [4.69, 9.17) is 15.0 Å². The Morgan fingerprint density at radius 3 is 1.53 bits per heavy atom. The first-order valence-corrected chi connectivity index (χ1v) is 21.3. The summed E-state index contributed by atoms with van der Waals surface area (Å²) >= 11 is 1.88. The minimum Gasteiger partial charge on any atom is -0.258 e. The molecule has 1 aliphatic carbocycles. The van der Waals surface area contributed by atoms with Gasteiger partial charge in [-0.2, -0.15) is 0 Å². The Balaban J connectivity index is 1.01. The Hall–Kier alpha value is -6.95. The molecule has 11 rings (SSSR count). The largest absolute Gasteiger partial charge is 0.258 e. The molecule has 0 saturated heterocycles. The number of fused-ring (bicyclic) bond motifs is 9. The molecule has 0 saturated carbocycles. The van der Waals surface area contributed by atoms with Gasteiger partial charge >= 0.3 is 0 Å². The predicted molar refractivity (Wildman–Crippen MR) is 245 cm³/mol. The number of hydrogen-bond acceptors (Lipinski definition) is 5. The number of rotatable bonds is 5. The van der Waals surface area contributed by atoms with Crippen LogP contribution in [0.25, 0.3) is 67.5 Å². The summed E-state index contributed by atoms with van der Waals surface area (Å²) in [5.41, 5.74) is 19.3. The predicted octanol–water partition coefficient (Wildman–Crippen LogP) is 13.7. The van der Waals surface area contributed by atoms with Crippen molar-refractivity contribution in [3.63, 3.8) is 0 Å². The van der Waals surface area contributed by atoms with Gasteiger partial charge in [0.05, 0.1) is 5.41 Å². The van der Waals surface area contributed by atoms with Gasteiger partial charge in [-0.3, -0.25) is 4.98 Å². The van der Waals surface area contributed by atoms with E-state index in [1.54, 1.807) is 0 Å². The van der Waals surface area contributed by atoms with Crippen LogP contribution < -0.4 is 0 Å². The highest BCUT2D eigenvalue weighted by molar-refractivity contribution is 7.99. The van der Waals surface area contributed by atoms with Crippen LogP contribution in [0.2, 0.25) is 0 Å². The molecule has 9 aromatic rings. The van der Waals surface area contributed by atoms with E-state index in [1.165, 1.54) is 59.9 Å². The lowest BCUT2D eigenvalue weighted by molar-refractivity contribution is 0.722. The van der Waals surface area contributed by atoms with E-state index in [0.29, 0.717) is 17.5 Å². The van der Waals surface area contributed by atoms with Gasteiger partial charge in [-0.1, -0.05) is 139 Å². The fourth-order valence-electron chi connectivity index (χ4n) is 9.33. The number of hydrogen-bond donors (Lipinski definition) is 0. The van der Waals surface area contributed by atoms with Gasteiger partial charge < -0.3 is 0 Å². The van der Waals surface area contributed by atoms with E-state index in [0.717, 1.165) is 44.8 Å². The van der Waals surface area contributed by atoms with Crippen molar-refractivity contribution in [1.82, 2.24) is 19.9 Å². The molecule has 0 unspecified atom stereocenters. The van der Waals surface area contributed by atoms with Crippen LogP contribution in [-0.2, 0) is 5.41 Å². The zero-order chi connectivity index (χ0) is 40.5. The smallest absolute Gasteiger partial charge is 0.164 e. The van der Waals surface area contributed by atoms with Crippen LogP contribution >= 0.6 is 11.8 Å². The zero-order valence-corrected chi connectivity index (χ0v) is 34.7. The summed E-state index contributed by atoms with van der Waals surface area (Å²) in [5.74, 6) is 1.92. The van der Waals surface area contributed by atoms with Gasteiger partial charge in [0, 0.05) is 37.9 Å². The Kier molecular flexibility index (Phi) is 8.50. The zero-order valence-electron chi connectivity index (χ0n) is 33.9. The molecule has 286 valence electrons. The second kappa shape index (κ2) is 14.1. The maximum Gasteiger partial charge on any atom is 0.164 e. The highest BCUT2D eigenvalue weighted by Gasteiger charge is 2.50. The van der Waals surface area contributed by atoms with Gasteiger partial charge in [0.15, 0.2) is 17.5 Å². The SMILES string of the molecule is Cc1cc(-c2cccc(-c3nc(-c4ccc(-c5ccc6c(c5)-c5ccccc5C65c6ccccc6Sc6ccccc65)cc4)nc(-c4ccc(C)c(C)c4)n3)c2)cc(C)n1. The van der Waals surface area contributed by atoms with Crippen molar-refractivity contribution < 1.29 is 0 Å². The van der Waals surface area contributed by atoms with Gasteiger partial charge in [-0.25, -0.2) is 15.0 Å². The number of benzene rings is 7. The van der Waals surface area contributed by atoms with E-state index in [1.807, 2.05) is 25.6 Å². The van der Waals surface area contributed by atoms with Gasteiger partial charge in [0.1, 0.15) is 0 Å². The van der Waals surface area contributed by atoms with E-state index >= 15 is 0 Å². The molecular weight excluding hydrogens is 749 g/mol. The molecule has 3 heterocycles. The average molecular weight is 789 g/mol. The average Bonchev–Trinajstić information content (AvgIpc) is 3.57. The second-order valence-electron chi connectivity index (χ2n) is 16.1. The summed E-state index contributed by atoms with van der Waals surface area (Å²) in [7, 11) is 0. The van der Waals surface area contributed by atoms with Crippen LogP contribution in [0.5, 0.6) is 0 Å². The van der Waals surface area contributed by atoms with Crippen LogP contribution in [0, 0.1) is 27.7 Å². The third-order valence-corrected chi connectivity index (χ3v) is 13.4. The minimum absolute atomic E-state index is 0.382. The van der Waals surface area contributed by atoms with E-state index in [-0.39, 0.29) is 5.41 Å². The van der Waals surface area contributed by atoms with Gasteiger partial charge in [0.25, 0.3) is 0 Å². The molecular formula is C55H40N4S. The van der Waals surface area contributed by atoms with Crippen molar-refractivity contribution >= 4 is 11.8 Å². The molecule has 0 bridgehead atoms. The molecule has 0 fully saturated rings. The normalized spacial score (nSPS) is 13.1. The molecule has 0 radical (unpaired) electrons. The fraction of sp³-hybridized carbons (Fsp3) is 0.0909. The van der Waals surface area contributed by atoms with Crippen molar-refractivity contribution in [2.75, 3.05) is 0 Å². The molecule has 4 nitrogen and oxygen atoms in total. The van der Waals surface area contributed by atoms with Gasteiger partial charge in [0.2, 0.25) is 0 Å². The maximum absolute atomic E-state index is 5.13. The first-order valence-electron chi connectivity index (χ1n) is 20.5. The summed E-state index contributed by atoms with van der Waals surface area (Å²) in [5, 5.41) is 0. The third-order valence-electron chi connectivity index (χ3n) is 12.3. The minimum atomic E-state index is -0.382. The van der Waals surface area contributed by atoms with Crippen LogP contribution in [-0.4, -0.2) is 19.9 Å². The molecule has 1 aliphatic heterocycles. The van der Waals surface area contributed by atoms with E-state index in [2.05, 4.69) is 189 Å². The molecule has 0 atom stereocenters. The van der Waals surface area contributed by atoms with Crippen molar-refractivity contribution in [1.29, 1.82) is 0 Å². The second-order valence-corrected chi connectivity index (χ2v) is 17.1. The molecule has 5 heteroatoms. The Morgan fingerprint density at radius 2 is 0.850 bits per heavy atom. The standard InChI is InChI=1S/C55H40N4S/c1-33-20-21-42(28-34(33)2)54-58-52(57-53(59-54)41-13-11-12-39(31-41)43-29-35(3)56-36(4)30-43)38-24-22-37(23-25-38)40-26-27-47-45(32-40)44-14-5-6-15-46(44)55(47)48-16-7-9-18-50(48)60-51-19-10-8-17-49(51)55/h5-32H,1-4H3. The maximum atomic E-state index is 5.13. The molecule has 0 N–H and O–H groups in total. The highest BCUT2D eigenvalue weighted by Crippen LogP contribution is 2.62. The van der Waals surface area contributed by atoms with E-state index in [9.17, 15) is 0 Å². The number of aryl methyl sites for hydroxylation is 4. The van der Waals surface area contributed by atoms with Gasteiger partial charge in [-0.05, 0) is 137 Å². The van der Waals surface area contributed by atoms with Crippen LogP contribution in [0.1, 0.15) is 44.8 Å². The lowest BCUT2D eigenvalue weighted by Crippen LogP contribution is -2.31. The van der Waals surface area contributed by atoms with E-state index < -0.39 is 0 Å². The highest BCUT2D eigenvalue weighted by atomic mass is 32.2. The van der Waals surface area contributed by atoms with Crippen molar-refractivity contribution in [2.45, 2.75) is 42.9 Å². The Morgan fingerprint density at radius 1 is 0.333 bits per heavy atom. The van der Waals surface area contributed by atoms with Crippen LogP contribution in [0.15, 0.2) is 180 Å². The molecule has 2 aliphatic rings. The lowest BCUT2D eigenvalue weighted by Gasteiger charge is -2.39. The summed E-state index contributed by atoms with van der Waals surface area (Å²) < 4.78 is 0. The summed E-state index contributed by atoms with van der Waals surface area (Å²) in [6, 6.07) is 61.7. The number of nitrogens with zero attached hydrogens (tertiary/aromatic N) is 4. The topological polar surface area (TPSA) is 51.6 Å². The number of aromatic nitrogens is 4. The molecule has 1 spiro atoms. The Labute approximate surface area is 355 Å². The molecule has 0 amide bonds.